The molecule has 7 nitrogen and oxygen atoms in total. The molecule has 1 saturated carbocycles. The molecule has 8 heteroatoms. The van der Waals surface area contributed by atoms with Gasteiger partial charge >= 0.3 is 0 Å². The summed E-state index contributed by atoms with van der Waals surface area (Å²) < 4.78 is 6.25. The van der Waals surface area contributed by atoms with E-state index in [1.165, 1.54) is 0 Å². The molecule has 0 aromatic heterocycles. The lowest BCUT2D eigenvalue weighted by Gasteiger charge is -2.44. The lowest BCUT2D eigenvalue weighted by atomic mass is 9.95. The molecule has 1 unspecified atom stereocenters. The van der Waals surface area contributed by atoms with Crippen LogP contribution in [-0.2, 0) is 9.53 Å². The average molecular weight is 482 g/mol. The highest BCUT2D eigenvalue weighted by Crippen LogP contribution is 2.39. The third-order valence-corrected chi connectivity index (χ3v) is 7.22. The van der Waals surface area contributed by atoms with E-state index in [2.05, 4.69) is 5.32 Å². The predicted molar refractivity (Wildman–Crippen MR) is 128 cm³/mol. The molecule has 0 radical (unpaired) electrons. The fourth-order valence-corrected chi connectivity index (χ4v) is 5.09. The van der Waals surface area contributed by atoms with Crippen molar-refractivity contribution in [3.63, 3.8) is 0 Å². The number of amides is 3. The Morgan fingerprint density at radius 1 is 1.03 bits per heavy atom. The van der Waals surface area contributed by atoms with Gasteiger partial charge in [-0.1, -0.05) is 35.9 Å². The summed E-state index contributed by atoms with van der Waals surface area (Å²) in [4.78, 5) is 43.3. The zero-order valence-corrected chi connectivity index (χ0v) is 19.9. The van der Waals surface area contributed by atoms with Crippen LogP contribution in [0, 0.1) is 6.92 Å². The van der Waals surface area contributed by atoms with Crippen LogP contribution in [0.2, 0.25) is 5.02 Å². The molecule has 5 rings (SSSR count). The number of ether oxygens (including phenoxy) is 1. The number of benzene rings is 2. The molecule has 0 bridgehead atoms. The fraction of sp³-hybridized carbons (Fsp3) is 0.423. The molecule has 34 heavy (non-hydrogen) atoms. The van der Waals surface area contributed by atoms with Gasteiger partial charge in [0.1, 0.15) is 11.8 Å². The lowest BCUT2D eigenvalue weighted by Crippen LogP contribution is -2.60. The molecule has 3 fully saturated rings. The molecule has 2 saturated heterocycles. The number of aryl methyl sites for hydroxylation is 1. The van der Waals surface area contributed by atoms with Gasteiger partial charge in [-0.05, 0) is 49.6 Å². The van der Waals surface area contributed by atoms with Crippen molar-refractivity contribution in [3.8, 4) is 0 Å². The van der Waals surface area contributed by atoms with Gasteiger partial charge in [0.25, 0.3) is 11.8 Å². The summed E-state index contributed by atoms with van der Waals surface area (Å²) in [6, 6.07) is 13.8. The summed E-state index contributed by atoms with van der Waals surface area (Å²) in [7, 11) is 0. The van der Waals surface area contributed by atoms with Crippen molar-refractivity contribution in [2.24, 2.45) is 0 Å². The summed E-state index contributed by atoms with van der Waals surface area (Å²) >= 11 is 6.06. The van der Waals surface area contributed by atoms with E-state index in [0.717, 1.165) is 18.4 Å². The van der Waals surface area contributed by atoms with Crippen molar-refractivity contribution in [1.82, 2.24) is 15.1 Å². The van der Waals surface area contributed by atoms with Gasteiger partial charge in [0.05, 0.1) is 6.61 Å². The molecule has 2 aromatic carbocycles. The van der Waals surface area contributed by atoms with E-state index >= 15 is 0 Å². The first-order chi connectivity index (χ1) is 16.4. The van der Waals surface area contributed by atoms with Crippen LogP contribution in [0.4, 0.5) is 0 Å². The topological polar surface area (TPSA) is 79.0 Å². The molecule has 3 aliphatic rings. The highest BCUT2D eigenvalue weighted by atomic mass is 35.5. The second kappa shape index (κ2) is 9.04. The number of nitrogens with one attached hydrogen (secondary N) is 1. The van der Waals surface area contributed by atoms with Crippen LogP contribution in [0.5, 0.6) is 0 Å². The third kappa shape index (κ3) is 4.30. The lowest BCUT2D eigenvalue weighted by molar-refractivity contribution is -0.128. The van der Waals surface area contributed by atoms with Crippen LogP contribution in [0.25, 0.3) is 0 Å². The first kappa shape index (κ1) is 22.9. The maximum atomic E-state index is 13.8. The van der Waals surface area contributed by atoms with Crippen LogP contribution in [0.15, 0.2) is 48.5 Å². The van der Waals surface area contributed by atoms with Crippen LogP contribution in [0.1, 0.15) is 52.0 Å². The van der Waals surface area contributed by atoms with Gasteiger partial charge in [-0.25, -0.2) is 0 Å². The molecule has 2 heterocycles. The van der Waals surface area contributed by atoms with Crippen molar-refractivity contribution in [3.05, 3.63) is 70.2 Å². The van der Waals surface area contributed by atoms with E-state index in [1.54, 1.807) is 40.1 Å². The minimum Gasteiger partial charge on any atom is -0.353 e. The Hall–Kier alpha value is -2.90. The maximum Gasteiger partial charge on any atom is 0.257 e. The van der Waals surface area contributed by atoms with Crippen molar-refractivity contribution < 1.29 is 19.1 Å². The molecule has 2 aromatic rings. The summed E-state index contributed by atoms with van der Waals surface area (Å²) in [5, 5.41) is 3.54. The second-order valence-corrected chi connectivity index (χ2v) is 9.78. The number of halogens is 1. The monoisotopic (exact) mass is 481 g/mol. The Kier molecular flexibility index (Phi) is 6.08. The first-order valence-electron chi connectivity index (χ1n) is 11.8. The largest absolute Gasteiger partial charge is 0.353 e. The zero-order chi connectivity index (χ0) is 23.9. The zero-order valence-electron chi connectivity index (χ0n) is 19.1. The van der Waals surface area contributed by atoms with E-state index in [1.807, 2.05) is 25.1 Å². The molecule has 3 amide bonds. The van der Waals surface area contributed by atoms with E-state index < -0.39 is 11.8 Å². The number of likely N-dealkylation sites (tertiary alicyclic amines) is 1. The first-order valence-corrected chi connectivity index (χ1v) is 12.1. The van der Waals surface area contributed by atoms with E-state index in [-0.39, 0.29) is 30.4 Å². The molecule has 1 N–H and O–H groups in total. The molecular formula is C26H28ClN3O4. The smallest absolute Gasteiger partial charge is 0.257 e. The van der Waals surface area contributed by atoms with Crippen LogP contribution < -0.4 is 5.32 Å². The van der Waals surface area contributed by atoms with Crippen molar-refractivity contribution >= 4 is 29.3 Å². The second-order valence-electron chi connectivity index (χ2n) is 9.35. The third-order valence-electron chi connectivity index (χ3n) is 6.98. The number of carbonyl (C=O) groups excluding carboxylic acids is 3. The van der Waals surface area contributed by atoms with Crippen molar-refractivity contribution in [1.29, 1.82) is 0 Å². The SMILES string of the molecule is Cc1ccccc1C(=O)N1C(C(=O)NC2CC2)COC12CCN(C(=O)c1cccc(Cl)c1)CC2. The fourth-order valence-electron chi connectivity index (χ4n) is 4.90. The number of nitrogens with zero attached hydrogens (tertiary/aromatic N) is 2. The number of rotatable bonds is 4. The average Bonchev–Trinajstić information content (AvgIpc) is 3.58. The molecule has 1 atom stereocenters. The van der Waals surface area contributed by atoms with Gasteiger partial charge in [0.15, 0.2) is 0 Å². The molecule has 178 valence electrons. The molecule has 1 spiro atoms. The highest BCUT2D eigenvalue weighted by Gasteiger charge is 2.54. The van der Waals surface area contributed by atoms with Crippen LogP contribution in [0.3, 0.4) is 0 Å². The Labute approximate surface area is 204 Å². The van der Waals surface area contributed by atoms with Gasteiger partial charge in [-0.2, -0.15) is 0 Å². The Balaban J connectivity index is 1.39. The Bertz CT molecular complexity index is 1120. The summed E-state index contributed by atoms with van der Waals surface area (Å²) in [6.45, 7) is 2.88. The van der Waals surface area contributed by atoms with Crippen molar-refractivity contribution in [2.75, 3.05) is 19.7 Å². The summed E-state index contributed by atoms with van der Waals surface area (Å²) in [6.07, 6.45) is 2.81. The summed E-state index contributed by atoms with van der Waals surface area (Å²) in [5.74, 6) is -0.477. The van der Waals surface area contributed by atoms with Crippen molar-refractivity contribution in [2.45, 2.75) is 50.4 Å². The van der Waals surface area contributed by atoms with E-state index in [9.17, 15) is 14.4 Å². The highest BCUT2D eigenvalue weighted by molar-refractivity contribution is 6.30. The Morgan fingerprint density at radius 2 is 1.76 bits per heavy atom. The number of hydrogen-bond acceptors (Lipinski definition) is 4. The molecule has 1 aliphatic carbocycles. The number of hydrogen-bond donors (Lipinski definition) is 1. The van der Waals surface area contributed by atoms with Gasteiger partial charge in [0.2, 0.25) is 5.91 Å². The molecular weight excluding hydrogens is 454 g/mol. The van der Waals surface area contributed by atoms with Gasteiger partial charge in [-0.15, -0.1) is 0 Å². The standard InChI is InChI=1S/C26H28ClN3O4/c1-17-5-2-3-8-21(17)25(33)30-22(23(31)28-20-9-10-20)16-34-26(30)11-13-29(14-12-26)24(32)18-6-4-7-19(27)15-18/h2-8,15,20,22H,9-14,16H2,1H3,(H,28,31). The van der Waals surface area contributed by atoms with Gasteiger partial charge < -0.3 is 15.0 Å². The van der Waals surface area contributed by atoms with E-state index in [4.69, 9.17) is 16.3 Å². The minimum absolute atomic E-state index is 0.102. The predicted octanol–water partition coefficient (Wildman–Crippen LogP) is 3.40. The maximum absolute atomic E-state index is 13.8. The number of carbonyl (C=O) groups is 3. The molecule has 2 aliphatic heterocycles. The van der Waals surface area contributed by atoms with Gasteiger partial charge in [0, 0.05) is 48.1 Å². The quantitative estimate of drug-likeness (QED) is 0.726. The summed E-state index contributed by atoms with van der Waals surface area (Å²) in [5.41, 5.74) is 1.03. The van der Waals surface area contributed by atoms with E-state index in [0.29, 0.717) is 42.1 Å². The van der Waals surface area contributed by atoms with Crippen LogP contribution in [-0.4, -0.2) is 65.0 Å². The van der Waals surface area contributed by atoms with Gasteiger partial charge in [-0.3, -0.25) is 19.3 Å². The Morgan fingerprint density at radius 3 is 2.44 bits per heavy atom. The van der Waals surface area contributed by atoms with Crippen LogP contribution >= 0.6 is 11.6 Å². The number of piperidine rings is 1. The normalized spacial score (nSPS) is 21.5. The minimum atomic E-state index is -0.921.